The topological polar surface area (TPSA) is 84.3 Å². The molecule has 8 heteroatoms. The van der Waals surface area contributed by atoms with E-state index in [-0.39, 0.29) is 16.8 Å². The molecule has 3 rings (SSSR count). The van der Waals surface area contributed by atoms with Crippen molar-refractivity contribution in [2.75, 3.05) is 11.4 Å². The Morgan fingerprint density at radius 1 is 1.38 bits per heavy atom. The Balaban J connectivity index is 1.66. The van der Waals surface area contributed by atoms with Gasteiger partial charge in [0, 0.05) is 44.1 Å². The lowest BCUT2D eigenvalue weighted by molar-refractivity contribution is -0.116. The summed E-state index contributed by atoms with van der Waals surface area (Å²) in [5.41, 5.74) is 1.70. The highest BCUT2D eigenvalue weighted by atomic mass is 32.2. The molecular weight excluding hydrogens is 352 g/mol. The van der Waals surface area contributed by atoms with Crippen LogP contribution in [0.1, 0.15) is 31.7 Å². The first kappa shape index (κ1) is 18.6. The number of benzene rings is 1. The largest absolute Gasteiger partial charge is 0.335 e. The summed E-state index contributed by atoms with van der Waals surface area (Å²) in [7, 11) is -3.57. The molecule has 2 aromatic rings. The number of aromatic nitrogens is 2. The van der Waals surface area contributed by atoms with Crippen LogP contribution >= 0.6 is 0 Å². The minimum atomic E-state index is -3.57. The van der Waals surface area contributed by atoms with Crippen molar-refractivity contribution in [1.82, 2.24) is 14.3 Å². The number of rotatable bonds is 6. The molecule has 1 aliphatic rings. The first-order chi connectivity index (χ1) is 12.3. The second kappa shape index (κ2) is 7.20. The van der Waals surface area contributed by atoms with E-state index in [0.717, 1.165) is 17.1 Å². The number of fused-ring (bicyclic) bond motifs is 1. The van der Waals surface area contributed by atoms with E-state index in [2.05, 4.69) is 9.71 Å². The number of imidazole rings is 1. The molecule has 1 aliphatic heterocycles. The fourth-order valence-corrected chi connectivity index (χ4v) is 4.56. The van der Waals surface area contributed by atoms with Crippen molar-refractivity contribution < 1.29 is 13.2 Å². The monoisotopic (exact) mass is 376 g/mol. The number of nitrogens with zero attached hydrogens (tertiary/aromatic N) is 3. The fraction of sp³-hybridized carbons (Fsp3) is 0.444. The van der Waals surface area contributed by atoms with Gasteiger partial charge in [-0.3, -0.25) is 4.79 Å². The molecule has 1 atom stereocenters. The smallest absolute Gasteiger partial charge is 0.240 e. The summed E-state index contributed by atoms with van der Waals surface area (Å²) in [6.45, 7) is 6.47. The molecule has 26 heavy (non-hydrogen) atoms. The van der Waals surface area contributed by atoms with Crippen LogP contribution in [0.15, 0.2) is 35.5 Å². The summed E-state index contributed by atoms with van der Waals surface area (Å²) in [4.78, 5) is 17.9. The lowest BCUT2D eigenvalue weighted by Gasteiger charge is -2.20. The lowest BCUT2D eigenvalue weighted by Crippen LogP contribution is -2.33. The van der Waals surface area contributed by atoms with Gasteiger partial charge in [0.25, 0.3) is 0 Å². The number of hydrogen-bond acceptors (Lipinski definition) is 4. The number of sulfonamides is 1. The van der Waals surface area contributed by atoms with Crippen LogP contribution in [0.2, 0.25) is 0 Å². The van der Waals surface area contributed by atoms with Gasteiger partial charge in [0.15, 0.2) is 0 Å². The van der Waals surface area contributed by atoms with Gasteiger partial charge >= 0.3 is 0 Å². The molecule has 0 unspecified atom stereocenters. The first-order valence-corrected chi connectivity index (χ1v) is 10.2. The van der Waals surface area contributed by atoms with Gasteiger partial charge in [-0.25, -0.2) is 18.1 Å². The summed E-state index contributed by atoms with van der Waals surface area (Å²) < 4.78 is 29.7. The number of carbonyl (C=O) groups is 1. The van der Waals surface area contributed by atoms with E-state index in [4.69, 9.17) is 0 Å². The quantitative estimate of drug-likeness (QED) is 0.780. The molecule has 1 N–H and O–H groups in total. The van der Waals surface area contributed by atoms with E-state index in [9.17, 15) is 13.2 Å². The van der Waals surface area contributed by atoms with Gasteiger partial charge in [0.2, 0.25) is 15.9 Å². The van der Waals surface area contributed by atoms with Crippen molar-refractivity contribution in [2.45, 2.75) is 51.1 Å². The van der Waals surface area contributed by atoms with Gasteiger partial charge in [-0.1, -0.05) is 0 Å². The number of amides is 1. The van der Waals surface area contributed by atoms with Gasteiger partial charge < -0.3 is 9.47 Å². The average Bonchev–Trinajstić information content (AvgIpc) is 3.12. The van der Waals surface area contributed by atoms with Gasteiger partial charge in [-0.2, -0.15) is 0 Å². The molecule has 0 saturated carbocycles. The number of carbonyl (C=O) groups excluding carboxylic acids is 1. The standard InChI is InChI=1S/C18H24N4O3S/c1-13-11-16-12-17(5-6-18(16)22(13)15(3)23)26(24,25)20-7-4-9-21-10-8-19-14(21)2/h5-6,8,10,12-13,20H,4,7,9,11H2,1-3H3/t13-/m0/s1. The molecule has 0 fully saturated rings. The normalized spacial score (nSPS) is 16.7. The van der Waals surface area contributed by atoms with Crippen LogP contribution in [0.3, 0.4) is 0 Å². The maximum absolute atomic E-state index is 12.5. The highest BCUT2D eigenvalue weighted by Gasteiger charge is 2.30. The van der Waals surface area contributed by atoms with Crippen LogP contribution in [0.25, 0.3) is 0 Å². The highest BCUT2D eigenvalue weighted by molar-refractivity contribution is 7.89. The maximum atomic E-state index is 12.5. The van der Waals surface area contributed by atoms with Crippen molar-refractivity contribution in [3.05, 3.63) is 42.0 Å². The Kier molecular flexibility index (Phi) is 5.15. The van der Waals surface area contributed by atoms with E-state index < -0.39 is 10.0 Å². The minimum Gasteiger partial charge on any atom is -0.335 e. The highest BCUT2D eigenvalue weighted by Crippen LogP contribution is 2.33. The predicted octanol–water partition coefficient (Wildman–Crippen LogP) is 1.86. The van der Waals surface area contributed by atoms with E-state index in [0.29, 0.717) is 25.9 Å². The van der Waals surface area contributed by atoms with Gasteiger partial charge in [-0.15, -0.1) is 0 Å². The van der Waals surface area contributed by atoms with Crippen LogP contribution in [-0.4, -0.2) is 36.5 Å². The van der Waals surface area contributed by atoms with Crippen LogP contribution < -0.4 is 9.62 Å². The van der Waals surface area contributed by atoms with Crippen molar-refractivity contribution in [1.29, 1.82) is 0 Å². The Morgan fingerprint density at radius 2 is 2.15 bits per heavy atom. The van der Waals surface area contributed by atoms with Gasteiger partial charge in [-0.05, 0) is 50.5 Å². The summed E-state index contributed by atoms with van der Waals surface area (Å²) in [5, 5.41) is 0. The van der Waals surface area contributed by atoms with Crippen molar-refractivity contribution >= 4 is 21.6 Å². The van der Waals surface area contributed by atoms with E-state index in [1.165, 1.54) is 6.92 Å². The number of hydrogen-bond donors (Lipinski definition) is 1. The zero-order chi connectivity index (χ0) is 18.9. The molecule has 0 aliphatic carbocycles. The molecule has 0 radical (unpaired) electrons. The molecule has 1 amide bonds. The summed E-state index contributed by atoms with van der Waals surface area (Å²) in [6.07, 6.45) is 4.95. The molecule has 7 nitrogen and oxygen atoms in total. The summed E-state index contributed by atoms with van der Waals surface area (Å²) >= 11 is 0. The van der Waals surface area contributed by atoms with E-state index >= 15 is 0 Å². The van der Waals surface area contributed by atoms with Crippen molar-refractivity contribution in [2.24, 2.45) is 0 Å². The fourth-order valence-electron chi connectivity index (χ4n) is 3.43. The third-order valence-electron chi connectivity index (χ3n) is 4.71. The number of nitrogens with one attached hydrogen (secondary N) is 1. The van der Waals surface area contributed by atoms with Crippen LogP contribution in [0, 0.1) is 6.92 Å². The lowest BCUT2D eigenvalue weighted by atomic mass is 10.1. The Hall–Kier alpha value is -2.19. The Morgan fingerprint density at radius 3 is 2.81 bits per heavy atom. The second-order valence-corrected chi connectivity index (χ2v) is 8.42. The molecule has 0 saturated heterocycles. The third kappa shape index (κ3) is 3.66. The van der Waals surface area contributed by atoms with Gasteiger partial charge in [0.05, 0.1) is 4.90 Å². The molecule has 0 bridgehead atoms. The Labute approximate surface area is 154 Å². The van der Waals surface area contributed by atoms with E-state index in [1.807, 2.05) is 24.6 Å². The van der Waals surface area contributed by atoms with Gasteiger partial charge in [0.1, 0.15) is 5.82 Å². The maximum Gasteiger partial charge on any atom is 0.240 e. The molecule has 0 spiro atoms. The van der Waals surface area contributed by atoms with Crippen LogP contribution in [-0.2, 0) is 27.8 Å². The van der Waals surface area contributed by atoms with E-state index in [1.54, 1.807) is 29.3 Å². The average molecular weight is 376 g/mol. The zero-order valence-corrected chi connectivity index (χ0v) is 16.1. The Bertz CT molecular complexity index is 920. The molecule has 2 heterocycles. The van der Waals surface area contributed by atoms with Crippen molar-refractivity contribution in [3.8, 4) is 0 Å². The second-order valence-electron chi connectivity index (χ2n) is 6.65. The predicted molar refractivity (Wildman–Crippen MR) is 99.5 cm³/mol. The van der Waals surface area contributed by atoms with Crippen LogP contribution in [0.5, 0.6) is 0 Å². The molecular formula is C18H24N4O3S. The zero-order valence-electron chi connectivity index (χ0n) is 15.3. The SMILES string of the molecule is CC(=O)N1c2ccc(S(=O)(=O)NCCCn3ccnc3C)cc2C[C@@H]1C. The third-order valence-corrected chi connectivity index (χ3v) is 6.17. The number of anilines is 1. The van der Waals surface area contributed by atoms with Crippen LogP contribution in [0.4, 0.5) is 5.69 Å². The summed E-state index contributed by atoms with van der Waals surface area (Å²) in [5.74, 6) is 0.885. The first-order valence-electron chi connectivity index (χ1n) is 8.70. The number of aryl methyl sites for hydroxylation is 2. The molecule has 140 valence electrons. The summed E-state index contributed by atoms with van der Waals surface area (Å²) in [6, 6.07) is 5.02. The molecule has 1 aromatic heterocycles. The van der Waals surface area contributed by atoms with Crippen molar-refractivity contribution in [3.63, 3.8) is 0 Å². The minimum absolute atomic E-state index is 0.0280. The molecule has 1 aromatic carbocycles.